The van der Waals surface area contributed by atoms with E-state index in [1.807, 2.05) is 0 Å². The van der Waals surface area contributed by atoms with Crippen LogP contribution in [0.25, 0.3) is 0 Å². The Morgan fingerprint density at radius 3 is 2.38 bits per heavy atom. The van der Waals surface area contributed by atoms with E-state index in [4.69, 9.17) is 11.6 Å². The summed E-state index contributed by atoms with van der Waals surface area (Å²) in [6, 6.07) is 9.32. The summed E-state index contributed by atoms with van der Waals surface area (Å²) in [4.78, 5) is 11.8. The first-order chi connectivity index (χ1) is 9.86. The minimum absolute atomic E-state index is 0.0271. The minimum Gasteiger partial charge on any atom is -0.321 e. The highest BCUT2D eigenvalue weighted by atomic mass is 35.5. The average molecular weight is 316 g/mol. The van der Waals surface area contributed by atoms with Crippen molar-refractivity contribution in [3.8, 4) is 0 Å². The average Bonchev–Trinajstić information content (AvgIpc) is 2.41. The van der Waals surface area contributed by atoms with Crippen LogP contribution >= 0.6 is 11.6 Å². The van der Waals surface area contributed by atoms with E-state index in [0.29, 0.717) is 10.8 Å². The number of alkyl halides is 3. The molecule has 1 amide bonds. The van der Waals surface area contributed by atoms with Crippen LogP contribution in [0.5, 0.6) is 0 Å². The lowest BCUT2D eigenvalue weighted by molar-refractivity contribution is -0.681. The molecule has 1 heterocycles. The van der Waals surface area contributed by atoms with Crippen LogP contribution in [0.4, 0.5) is 18.9 Å². The molecule has 21 heavy (non-hydrogen) atoms. The van der Waals surface area contributed by atoms with Gasteiger partial charge in [-0.1, -0.05) is 0 Å². The second-order valence-electron chi connectivity index (χ2n) is 4.27. The van der Waals surface area contributed by atoms with Crippen LogP contribution in [0, 0.1) is 0 Å². The Morgan fingerprint density at radius 1 is 1.14 bits per heavy atom. The minimum atomic E-state index is -4.39. The highest BCUT2D eigenvalue weighted by molar-refractivity contribution is 6.28. The van der Waals surface area contributed by atoms with Crippen LogP contribution in [0.1, 0.15) is 5.56 Å². The number of anilines is 1. The summed E-state index contributed by atoms with van der Waals surface area (Å²) in [5, 5.41) is 2.90. The molecule has 0 spiro atoms. The summed E-state index contributed by atoms with van der Waals surface area (Å²) in [5.74, 6) is -0.382. The number of hydrogen-bond acceptors (Lipinski definition) is 1. The van der Waals surface area contributed by atoms with Gasteiger partial charge in [-0.15, -0.1) is 0 Å². The Hall–Kier alpha value is -2.08. The normalized spacial score (nSPS) is 11.2. The van der Waals surface area contributed by atoms with Crippen LogP contribution in [0.3, 0.4) is 0 Å². The number of carbonyl (C=O) groups excluding carboxylic acids is 1. The Balaban J connectivity index is 2.02. The first-order valence-corrected chi connectivity index (χ1v) is 6.35. The van der Waals surface area contributed by atoms with Crippen LogP contribution in [0.15, 0.2) is 48.7 Å². The maximum absolute atomic E-state index is 12.4. The quantitative estimate of drug-likeness (QED) is 0.684. The van der Waals surface area contributed by atoms with Gasteiger partial charge in [0.1, 0.15) is 0 Å². The number of nitrogens with zero attached hydrogens (tertiary/aromatic N) is 1. The molecule has 1 aromatic heterocycles. The summed E-state index contributed by atoms with van der Waals surface area (Å²) in [5.41, 5.74) is -0.471. The predicted octanol–water partition coefficient (Wildman–Crippen LogP) is 3.29. The van der Waals surface area contributed by atoms with Crippen molar-refractivity contribution in [1.82, 2.24) is 0 Å². The van der Waals surface area contributed by atoms with Crippen molar-refractivity contribution < 1.29 is 22.5 Å². The third-order valence-corrected chi connectivity index (χ3v) is 3.04. The van der Waals surface area contributed by atoms with Gasteiger partial charge in [0.05, 0.1) is 5.56 Å². The van der Waals surface area contributed by atoms with Crippen molar-refractivity contribution in [2.24, 2.45) is 0 Å². The molecule has 0 aliphatic carbocycles. The van der Waals surface area contributed by atoms with E-state index < -0.39 is 11.7 Å². The van der Waals surface area contributed by atoms with E-state index in [1.54, 1.807) is 24.4 Å². The molecule has 1 aromatic carbocycles. The van der Waals surface area contributed by atoms with Crippen molar-refractivity contribution in [2.45, 2.75) is 12.7 Å². The van der Waals surface area contributed by atoms with Gasteiger partial charge in [0, 0.05) is 17.8 Å². The summed E-state index contributed by atoms with van der Waals surface area (Å²) in [7, 11) is 0. The monoisotopic (exact) mass is 315 g/mol. The van der Waals surface area contributed by atoms with Gasteiger partial charge in [0.2, 0.25) is 6.54 Å². The highest BCUT2D eigenvalue weighted by Crippen LogP contribution is 2.29. The van der Waals surface area contributed by atoms with Crippen molar-refractivity contribution >= 4 is 23.2 Å². The molecule has 110 valence electrons. The molecule has 2 rings (SSSR count). The Kier molecular flexibility index (Phi) is 4.47. The molecule has 0 radical (unpaired) electrons. The van der Waals surface area contributed by atoms with Gasteiger partial charge >= 0.3 is 6.18 Å². The first kappa shape index (κ1) is 15.3. The largest absolute Gasteiger partial charge is 0.416 e. The van der Waals surface area contributed by atoms with Gasteiger partial charge < -0.3 is 5.32 Å². The van der Waals surface area contributed by atoms with Gasteiger partial charge in [-0.2, -0.15) is 17.7 Å². The summed E-state index contributed by atoms with van der Waals surface area (Å²) < 4.78 is 38.7. The zero-order chi connectivity index (χ0) is 15.5. The maximum Gasteiger partial charge on any atom is 0.416 e. The van der Waals surface area contributed by atoms with Crippen molar-refractivity contribution in [3.05, 3.63) is 59.4 Å². The molecule has 0 saturated heterocycles. The van der Waals surface area contributed by atoms with E-state index >= 15 is 0 Å². The number of carbonyl (C=O) groups is 1. The lowest BCUT2D eigenvalue weighted by Gasteiger charge is -2.08. The number of amides is 1. The zero-order valence-electron chi connectivity index (χ0n) is 10.7. The van der Waals surface area contributed by atoms with E-state index in [1.165, 1.54) is 16.7 Å². The summed E-state index contributed by atoms with van der Waals surface area (Å²) >= 11 is 5.90. The van der Waals surface area contributed by atoms with Crippen LogP contribution < -0.4 is 9.88 Å². The number of aromatic nitrogens is 1. The number of hydrogen-bond donors (Lipinski definition) is 1. The molecule has 0 unspecified atom stereocenters. The molecule has 1 N–H and O–H groups in total. The SMILES string of the molecule is O=C(C[n+]1ccccc1Cl)Nc1ccc(C(F)(F)F)cc1. The molecule has 0 fully saturated rings. The van der Waals surface area contributed by atoms with E-state index in [-0.39, 0.29) is 12.5 Å². The molecule has 7 heteroatoms. The summed E-state index contributed by atoms with van der Waals surface area (Å²) in [6.45, 7) is -0.0271. The number of rotatable bonds is 3. The summed E-state index contributed by atoms with van der Waals surface area (Å²) in [6.07, 6.45) is -2.76. The lowest BCUT2D eigenvalue weighted by Crippen LogP contribution is -2.40. The molecule has 0 aliphatic heterocycles. The van der Waals surface area contributed by atoms with Gasteiger partial charge in [-0.25, -0.2) is 0 Å². The van der Waals surface area contributed by atoms with Crippen LogP contribution in [-0.2, 0) is 17.5 Å². The van der Waals surface area contributed by atoms with Crippen LogP contribution in [0.2, 0.25) is 5.15 Å². The molecule has 0 aliphatic rings. The maximum atomic E-state index is 12.4. The topological polar surface area (TPSA) is 33.0 Å². The smallest absolute Gasteiger partial charge is 0.321 e. The van der Waals surface area contributed by atoms with Crippen molar-refractivity contribution in [2.75, 3.05) is 5.32 Å². The fourth-order valence-corrected chi connectivity index (χ4v) is 1.87. The molecular formula is C14H11ClF3N2O+. The van der Waals surface area contributed by atoms with Gasteiger partial charge in [-0.05, 0) is 41.9 Å². The van der Waals surface area contributed by atoms with Gasteiger partial charge in [0.15, 0.2) is 6.20 Å². The molecular weight excluding hydrogens is 305 g/mol. The van der Waals surface area contributed by atoms with Crippen LogP contribution in [-0.4, -0.2) is 5.91 Å². The molecule has 0 atom stereocenters. The molecule has 0 bridgehead atoms. The third-order valence-electron chi connectivity index (χ3n) is 2.70. The Bertz CT molecular complexity index is 641. The molecule has 3 nitrogen and oxygen atoms in total. The third kappa shape index (κ3) is 4.19. The van der Waals surface area contributed by atoms with Gasteiger partial charge in [-0.3, -0.25) is 4.79 Å². The number of nitrogens with one attached hydrogen (secondary N) is 1. The number of halogens is 4. The lowest BCUT2D eigenvalue weighted by atomic mass is 10.2. The highest BCUT2D eigenvalue weighted by Gasteiger charge is 2.30. The van der Waals surface area contributed by atoms with E-state index in [0.717, 1.165) is 12.1 Å². The predicted molar refractivity (Wildman–Crippen MR) is 71.7 cm³/mol. The molecule has 0 saturated carbocycles. The van der Waals surface area contributed by atoms with E-state index in [2.05, 4.69) is 5.32 Å². The zero-order valence-corrected chi connectivity index (χ0v) is 11.4. The Morgan fingerprint density at radius 2 is 1.81 bits per heavy atom. The fraction of sp³-hybridized carbons (Fsp3) is 0.143. The van der Waals surface area contributed by atoms with Crippen molar-refractivity contribution in [3.63, 3.8) is 0 Å². The molecule has 2 aromatic rings. The van der Waals surface area contributed by atoms with Gasteiger partial charge in [0.25, 0.3) is 11.1 Å². The van der Waals surface area contributed by atoms with E-state index in [9.17, 15) is 18.0 Å². The first-order valence-electron chi connectivity index (χ1n) is 5.97. The number of benzene rings is 1. The Labute approximate surface area is 124 Å². The second kappa shape index (κ2) is 6.13. The van der Waals surface area contributed by atoms with Crippen molar-refractivity contribution in [1.29, 1.82) is 0 Å². The second-order valence-corrected chi connectivity index (χ2v) is 4.66. The fourth-order valence-electron chi connectivity index (χ4n) is 1.68. The standard InChI is InChI=1S/C14H10ClF3N2O/c15-12-3-1-2-8-20(12)9-13(21)19-11-6-4-10(5-7-11)14(16,17)18/h1-8H,9H2/p+1. The number of pyridine rings is 1.